The molecule has 0 bridgehead atoms. The summed E-state index contributed by atoms with van der Waals surface area (Å²) in [6, 6.07) is 0. The normalized spacial score (nSPS) is 13.0. The van der Waals surface area contributed by atoms with Crippen molar-refractivity contribution in [2.75, 3.05) is 7.05 Å². The number of nitrogens with zero attached hydrogens (tertiary/aromatic N) is 1. The van der Waals surface area contributed by atoms with Crippen molar-refractivity contribution >= 4 is 6.21 Å². The van der Waals surface area contributed by atoms with Crippen molar-refractivity contribution < 1.29 is 0 Å². The minimum Gasteiger partial charge on any atom is -0.296 e. The Morgan fingerprint density at radius 1 is 1.56 bits per heavy atom. The molecule has 0 rings (SSSR count). The highest BCUT2D eigenvalue weighted by molar-refractivity contribution is 5.78. The van der Waals surface area contributed by atoms with Crippen LogP contribution in [0.25, 0.3) is 0 Å². The van der Waals surface area contributed by atoms with Crippen LogP contribution in [0.1, 0.15) is 26.7 Å². The first kappa shape index (κ1) is 8.41. The van der Waals surface area contributed by atoms with Crippen LogP contribution < -0.4 is 0 Å². The van der Waals surface area contributed by atoms with Crippen molar-refractivity contribution in [1.82, 2.24) is 0 Å². The zero-order chi connectivity index (χ0) is 7.11. The number of rotatable bonds is 3. The molecule has 0 atom stereocenters. The van der Waals surface area contributed by atoms with E-state index in [0.717, 1.165) is 6.42 Å². The molecule has 1 heteroatoms. The Kier molecular flexibility index (Phi) is 5.18. The fraction of sp³-hybridized carbons (Fsp3) is 0.625. The molecule has 0 aromatic carbocycles. The Hall–Kier alpha value is -0.590. The standard InChI is InChI=1S/C8H15N/c1-4-6-8(5-2)7-9-3/h5,7H,4,6H2,1-3H3/b8-5-,9-7?. The van der Waals surface area contributed by atoms with Crippen molar-refractivity contribution in [3.63, 3.8) is 0 Å². The summed E-state index contributed by atoms with van der Waals surface area (Å²) in [5.41, 5.74) is 1.33. The molecule has 0 unspecified atom stereocenters. The maximum absolute atomic E-state index is 3.93. The average Bonchev–Trinajstić information content (AvgIpc) is 1.88. The van der Waals surface area contributed by atoms with Gasteiger partial charge in [0.05, 0.1) is 0 Å². The monoisotopic (exact) mass is 125 g/mol. The summed E-state index contributed by atoms with van der Waals surface area (Å²) in [4.78, 5) is 3.93. The van der Waals surface area contributed by atoms with Gasteiger partial charge in [-0.15, -0.1) is 0 Å². The summed E-state index contributed by atoms with van der Waals surface area (Å²) >= 11 is 0. The first-order valence-corrected chi connectivity index (χ1v) is 3.42. The maximum atomic E-state index is 3.93. The Labute approximate surface area is 57.5 Å². The third-order valence-corrected chi connectivity index (χ3v) is 1.20. The lowest BCUT2D eigenvalue weighted by Gasteiger charge is -1.93. The zero-order valence-electron chi connectivity index (χ0n) is 6.52. The topological polar surface area (TPSA) is 12.4 Å². The van der Waals surface area contributed by atoms with Gasteiger partial charge in [-0.05, 0) is 18.9 Å². The van der Waals surface area contributed by atoms with E-state index in [-0.39, 0.29) is 0 Å². The summed E-state index contributed by atoms with van der Waals surface area (Å²) in [6.45, 7) is 4.22. The lowest BCUT2D eigenvalue weighted by molar-refractivity contribution is 0.937. The molecule has 1 nitrogen and oxygen atoms in total. The number of hydrogen-bond acceptors (Lipinski definition) is 1. The molecule has 0 spiro atoms. The minimum atomic E-state index is 1.15. The molecule has 0 fully saturated rings. The summed E-state index contributed by atoms with van der Waals surface area (Å²) in [7, 11) is 1.80. The lowest BCUT2D eigenvalue weighted by atomic mass is 10.1. The highest BCUT2D eigenvalue weighted by Gasteiger charge is 1.85. The first-order valence-electron chi connectivity index (χ1n) is 3.42. The van der Waals surface area contributed by atoms with E-state index in [1.807, 2.05) is 13.1 Å². The fourth-order valence-electron chi connectivity index (χ4n) is 0.738. The SMILES string of the molecule is C/C=C(\C=NC)CCC. The van der Waals surface area contributed by atoms with E-state index in [1.165, 1.54) is 12.0 Å². The second-order valence-corrected chi connectivity index (χ2v) is 2.00. The highest BCUT2D eigenvalue weighted by atomic mass is 14.6. The number of aliphatic imine (C=N–C) groups is 1. The van der Waals surface area contributed by atoms with Gasteiger partial charge >= 0.3 is 0 Å². The minimum absolute atomic E-state index is 1.15. The van der Waals surface area contributed by atoms with Crippen LogP contribution in [-0.4, -0.2) is 13.3 Å². The van der Waals surface area contributed by atoms with Crippen molar-refractivity contribution in [2.45, 2.75) is 26.7 Å². The quantitative estimate of drug-likeness (QED) is 0.514. The molecule has 0 heterocycles. The smallest absolute Gasteiger partial charge is 0.0277 e. The molecule has 52 valence electrons. The molecule has 0 amide bonds. The second kappa shape index (κ2) is 5.54. The van der Waals surface area contributed by atoms with Crippen LogP contribution in [0.2, 0.25) is 0 Å². The van der Waals surface area contributed by atoms with Crippen LogP contribution >= 0.6 is 0 Å². The van der Waals surface area contributed by atoms with E-state index < -0.39 is 0 Å². The predicted molar refractivity (Wildman–Crippen MR) is 43.1 cm³/mol. The van der Waals surface area contributed by atoms with Gasteiger partial charge in [0, 0.05) is 13.3 Å². The number of hydrogen-bond donors (Lipinski definition) is 0. The third-order valence-electron chi connectivity index (χ3n) is 1.20. The molecular weight excluding hydrogens is 110 g/mol. The summed E-state index contributed by atoms with van der Waals surface area (Å²) in [6.07, 6.45) is 6.37. The Morgan fingerprint density at radius 2 is 2.22 bits per heavy atom. The first-order chi connectivity index (χ1) is 4.35. The summed E-state index contributed by atoms with van der Waals surface area (Å²) < 4.78 is 0. The van der Waals surface area contributed by atoms with Crippen LogP contribution in [0.5, 0.6) is 0 Å². The van der Waals surface area contributed by atoms with E-state index in [9.17, 15) is 0 Å². The highest BCUT2D eigenvalue weighted by Crippen LogP contribution is 2.00. The molecule has 0 saturated carbocycles. The van der Waals surface area contributed by atoms with Gasteiger partial charge in [0.25, 0.3) is 0 Å². The van der Waals surface area contributed by atoms with E-state index >= 15 is 0 Å². The van der Waals surface area contributed by atoms with Crippen molar-refractivity contribution in [2.24, 2.45) is 4.99 Å². The summed E-state index contributed by atoms with van der Waals surface area (Å²) in [5.74, 6) is 0. The molecule has 0 N–H and O–H groups in total. The Morgan fingerprint density at radius 3 is 2.56 bits per heavy atom. The maximum Gasteiger partial charge on any atom is 0.0277 e. The predicted octanol–water partition coefficient (Wildman–Crippen LogP) is 2.43. The van der Waals surface area contributed by atoms with Crippen LogP contribution in [0.3, 0.4) is 0 Å². The van der Waals surface area contributed by atoms with Crippen LogP contribution in [0, 0.1) is 0 Å². The third kappa shape index (κ3) is 3.95. The fourth-order valence-corrected chi connectivity index (χ4v) is 0.738. The molecule has 0 aliphatic rings. The largest absolute Gasteiger partial charge is 0.296 e. The average molecular weight is 125 g/mol. The van der Waals surface area contributed by atoms with Gasteiger partial charge in [-0.2, -0.15) is 0 Å². The molecule has 9 heavy (non-hydrogen) atoms. The Balaban J connectivity index is 3.70. The van der Waals surface area contributed by atoms with Gasteiger partial charge in [0.15, 0.2) is 0 Å². The lowest BCUT2D eigenvalue weighted by Crippen LogP contribution is -1.82. The zero-order valence-corrected chi connectivity index (χ0v) is 6.52. The number of allylic oxidation sites excluding steroid dienone is 2. The molecule has 0 aliphatic carbocycles. The van der Waals surface area contributed by atoms with Gasteiger partial charge in [0.2, 0.25) is 0 Å². The van der Waals surface area contributed by atoms with E-state index in [1.54, 1.807) is 7.05 Å². The van der Waals surface area contributed by atoms with Crippen molar-refractivity contribution in [3.8, 4) is 0 Å². The van der Waals surface area contributed by atoms with Crippen LogP contribution in [-0.2, 0) is 0 Å². The Bertz CT molecular complexity index is 112. The van der Waals surface area contributed by atoms with Gasteiger partial charge in [-0.25, -0.2) is 0 Å². The van der Waals surface area contributed by atoms with Crippen LogP contribution in [0.4, 0.5) is 0 Å². The summed E-state index contributed by atoms with van der Waals surface area (Å²) in [5, 5.41) is 0. The molecular formula is C8H15N. The molecule has 0 aromatic heterocycles. The molecule has 0 aliphatic heterocycles. The van der Waals surface area contributed by atoms with E-state index in [4.69, 9.17) is 0 Å². The molecule has 0 radical (unpaired) electrons. The van der Waals surface area contributed by atoms with Gasteiger partial charge in [0.1, 0.15) is 0 Å². The van der Waals surface area contributed by atoms with Crippen molar-refractivity contribution in [3.05, 3.63) is 11.6 Å². The van der Waals surface area contributed by atoms with Crippen molar-refractivity contribution in [1.29, 1.82) is 0 Å². The van der Waals surface area contributed by atoms with Gasteiger partial charge in [-0.1, -0.05) is 19.4 Å². The van der Waals surface area contributed by atoms with E-state index in [2.05, 4.69) is 18.0 Å². The van der Waals surface area contributed by atoms with Gasteiger partial charge in [-0.3, -0.25) is 4.99 Å². The van der Waals surface area contributed by atoms with Gasteiger partial charge < -0.3 is 0 Å². The van der Waals surface area contributed by atoms with E-state index in [0.29, 0.717) is 0 Å². The second-order valence-electron chi connectivity index (χ2n) is 2.00. The molecule has 0 saturated heterocycles. The molecule has 0 aromatic rings. The van der Waals surface area contributed by atoms with Crippen LogP contribution in [0.15, 0.2) is 16.6 Å².